The van der Waals surface area contributed by atoms with Crippen molar-refractivity contribution in [2.75, 3.05) is 7.05 Å². The predicted molar refractivity (Wildman–Crippen MR) is 38.7 cm³/mol. The fraction of sp³-hybridized carbons (Fsp3) is 1.00. The predicted octanol–water partition coefficient (Wildman–Crippen LogP) is 0.0516. The van der Waals surface area contributed by atoms with Gasteiger partial charge in [0.15, 0.2) is 0 Å². The second-order valence-corrected chi connectivity index (χ2v) is 4.44. The molecular weight excluding hydrogens is 196 g/mol. The molecule has 0 radical (unpaired) electrons. The van der Waals surface area contributed by atoms with Crippen LogP contribution in [-0.2, 0) is 13.4 Å². The maximum atomic E-state index is 10.3. The molecule has 70 valence electrons. The van der Waals surface area contributed by atoms with E-state index >= 15 is 0 Å². The molecule has 0 aliphatic carbocycles. The summed E-state index contributed by atoms with van der Waals surface area (Å²) in [6, 6.07) is 0. The van der Waals surface area contributed by atoms with Crippen LogP contribution in [0.15, 0.2) is 0 Å². The smallest absolute Gasteiger partial charge is 0.312 e. The molecule has 4 N–H and O–H groups in total. The van der Waals surface area contributed by atoms with Crippen LogP contribution in [0.2, 0.25) is 0 Å². The van der Waals surface area contributed by atoms with E-state index in [-0.39, 0.29) is 7.43 Å². The molecule has 0 saturated heterocycles. The highest BCUT2D eigenvalue weighted by Crippen LogP contribution is 2.53. The summed E-state index contributed by atoms with van der Waals surface area (Å²) in [6.07, 6.45) is 0. The summed E-state index contributed by atoms with van der Waals surface area (Å²) >= 11 is 0. The van der Waals surface area contributed by atoms with Crippen LogP contribution in [0.3, 0.4) is 0 Å². The molecule has 0 aliphatic heterocycles. The van der Waals surface area contributed by atoms with Crippen LogP contribution in [0.5, 0.6) is 0 Å². The molecule has 0 amide bonds. The minimum Gasteiger partial charge on any atom is -0.312 e. The monoisotopic (exact) mass is 207 g/mol. The van der Waals surface area contributed by atoms with Gasteiger partial charge >= 0.3 is 15.6 Å². The third kappa shape index (κ3) is 8.16. The second kappa shape index (κ2) is 4.33. The van der Waals surface area contributed by atoms with Crippen molar-refractivity contribution in [3.05, 3.63) is 0 Å². The molecule has 1 atom stereocenters. The van der Waals surface area contributed by atoms with Crippen LogP contribution >= 0.6 is 15.6 Å². The summed E-state index contributed by atoms with van der Waals surface area (Å²) in [5, 5.41) is 1.69. The summed E-state index contributed by atoms with van der Waals surface area (Å²) in [6.45, 7) is 0. The fourth-order valence-corrected chi connectivity index (χ4v) is 1.66. The highest BCUT2D eigenvalue weighted by atomic mass is 31.3. The van der Waals surface area contributed by atoms with E-state index in [1.54, 1.807) is 5.09 Å². The molecule has 0 aromatic rings. The first-order chi connectivity index (χ1) is 4.27. The van der Waals surface area contributed by atoms with Gasteiger partial charge in [-0.25, -0.2) is 14.2 Å². The van der Waals surface area contributed by atoms with Gasteiger partial charge in [0, 0.05) is 0 Å². The molecule has 0 aliphatic rings. The van der Waals surface area contributed by atoms with E-state index in [2.05, 4.69) is 4.31 Å². The lowest BCUT2D eigenvalue weighted by molar-refractivity contribution is 0.260. The lowest BCUT2D eigenvalue weighted by atomic mass is 11.6. The first kappa shape index (κ1) is 13.8. The maximum Gasteiger partial charge on any atom is 0.477 e. The van der Waals surface area contributed by atoms with Crippen LogP contribution in [0.1, 0.15) is 7.43 Å². The normalized spacial score (nSPS) is 16.7. The molecule has 0 aromatic carbocycles. The molecule has 0 aromatic heterocycles. The Labute approximate surface area is 64.2 Å². The summed E-state index contributed by atoms with van der Waals surface area (Å²) in [4.78, 5) is 24.4. The largest absolute Gasteiger partial charge is 0.477 e. The van der Waals surface area contributed by atoms with Crippen molar-refractivity contribution >= 4 is 15.6 Å². The Morgan fingerprint density at radius 2 is 1.64 bits per heavy atom. The van der Waals surface area contributed by atoms with Crippen LogP contribution in [0.25, 0.3) is 0 Å². The minimum atomic E-state index is -4.88. The SMILES string of the molecule is C.CNP(=O)(O)OP(=O)(O)O. The molecule has 0 spiro atoms. The minimum absolute atomic E-state index is 0. The van der Waals surface area contributed by atoms with E-state index in [4.69, 9.17) is 14.7 Å². The Balaban J connectivity index is 0. The Kier molecular flexibility index (Phi) is 5.44. The fourth-order valence-electron chi connectivity index (χ4n) is 0.185. The molecule has 0 bridgehead atoms. The number of rotatable bonds is 3. The van der Waals surface area contributed by atoms with E-state index in [1.165, 1.54) is 0 Å². The third-order valence-corrected chi connectivity index (χ3v) is 2.80. The Bertz CT molecular complexity index is 197. The molecule has 7 nitrogen and oxygen atoms in total. The van der Waals surface area contributed by atoms with Gasteiger partial charge in [0.05, 0.1) is 0 Å². The average molecular weight is 207 g/mol. The van der Waals surface area contributed by atoms with E-state index in [1.807, 2.05) is 0 Å². The summed E-state index contributed by atoms with van der Waals surface area (Å²) in [7, 11) is -8.15. The molecule has 0 fully saturated rings. The van der Waals surface area contributed by atoms with Crippen molar-refractivity contribution < 1.29 is 28.1 Å². The van der Waals surface area contributed by atoms with Crippen molar-refractivity contribution in [1.82, 2.24) is 5.09 Å². The average Bonchev–Trinajstić information content (AvgIpc) is 1.60. The van der Waals surface area contributed by atoms with E-state index in [0.29, 0.717) is 0 Å². The standard InChI is InChI=1S/CH7NO6P2.CH4/c1-2-9(3,4)8-10(5,6)7;/h1H3,(H2,2,3,4)(H2,5,6,7);1H4. The first-order valence-corrected chi connectivity index (χ1v) is 5.16. The van der Waals surface area contributed by atoms with E-state index < -0.39 is 15.6 Å². The van der Waals surface area contributed by atoms with Crippen LogP contribution < -0.4 is 5.09 Å². The van der Waals surface area contributed by atoms with E-state index in [9.17, 15) is 9.13 Å². The zero-order valence-electron chi connectivity index (χ0n) is 4.96. The van der Waals surface area contributed by atoms with Gasteiger partial charge in [0.2, 0.25) is 0 Å². The summed E-state index contributed by atoms with van der Waals surface area (Å²) < 4.78 is 23.7. The molecule has 0 heterocycles. The van der Waals surface area contributed by atoms with Crippen molar-refractivity contribution in [2.24, 2.45) is 0 Å². The summed E-state index contributed by atoms with van der Waals surface area (Å²) in [5.41, 5.74) is 0. The number of hydrogen-bond acceptors (Lipinski definition) is 3. The van der Waals surface area contributed by atoms with Gasteiger partial charge in [0.25, 0.3) is 0 Å². The van der Waals surface area contributed by atoms with Gasteiger partial charge in [-0.3, -0.25) is 0 Å². The van der Waals surface area contributed by atoms with Crippen molar-refractivity contribution in [1.29, 1.82) is 0 Å². The quantitative estimate of drug-likeness (QED) is 0.483. The second-order valence-electron chi connectivity index (χ2n) is 1.32. The number of hydrogen-bond donors (Lipinski definition) is 4. The molecule has 11 heavy (non-hydrogen) atoms. The van der Waals surface area contributed by atoms with Crippen molar-refractivity contribution in [3.63, 3.8) is 0 Å². The molecule has 1 unspecified atom stereocenters. The summed E-state index contributed by atoms with van der Waals surface area (Å²) in [5.74, 6) is 0. The molecule has 0 rings (SSSR count). The highest BCUT2D eigenvalue weighted by Gasteiger charge is 2.28. The third-order valence-electron chi connectivity index (χ3n) is 0.500. The Hall–Kier alpha value is 0.260. The lowest BCUT2D eigenvalue weighted by Gasteiger charge is -2.09. The van der Waals surface area contributed by atoms with Crippen LogP contribution in [0.4, 0.5) is 0 Å². The molecular formula is C2H11NO6P2. The zero-order valence-corrected chi connectivity index (χ0v) is 6.75. The van der Waals surface area contributed by atoms with Gasteiger partial charge < -0.3 is 14.7 Å². The van der Waals surface area contributed by atoms with Crippen LogP contribution in [-0.4, -0.2) is 21.7 Å². The maximum absolute atomic E-state index is 10.3. The number of phosphoric acid groups is 1. The Morgan fingerprint density at radius 3 is 1.73 bits per heavy atom. The molecule has 9 heteroatoms. The van der Waals surface area contributed by atoms with Gasteiger partial charge in [-0.1, -0.05) is 7.43 Å². The van der Waals surface area contributed by atoms with Crippen molar-refractivity contribution in [3.8, 4) is 0 Å². The zero-order chi connectivity index (χ0) is 8.41. The first-order valence-electron chi connectivity index (χ1n) is 2.05. The van der Waals surface area contributed by atoms with Crippen molar-refractivity contribution in [2.45, 2.75) is 7.43 Å². The van der Waals surface area contributed by atoms with Gasteiger partial charge in [-0.15, -0.1) is 0 Å². The van der Waals surface area contributed by atoms with Gasteiger partial charge in [-0.05, 0) is 7.05 Å². The Morgan fingerprint density at radius 1 is 1.27 bits per heavy atom. The number of nitrogens with one attached hydrogen (secondary N) is 1. The van der Waals surface area contributed by atoms with Gasteiger partial charge in [-0.2, -0.15) is 4.31 Å². The molecule has 0 saturated carbocycles. The topological polar surface area (TPSA) is 116 Å². The highest BCUT2D eigenvalue weighted by molar-refractivity contribution is 7.62. The van der Waals surface area contributed by atoms with E-state index in [0.717, 1.165) is 7.05 Å². The lowest BCUT2D eigenvalue weighted by Crippen LogP contribution is -2.03. The van der Waals surface area contributed by atoms with Gasteiger partial charge in [0.1, 0.15) is 0 Å². The van der Waals surface area contributed by atoms with Crippen LogP contribution in [0, 0.1) is 0 Å².